The van der Waals surface area contributed by atoms with E-state index in [0.717, 1.165) is 6.42 Å². The number of hydrogen-bond donors (Lipinski definition) is 0. The van der Waals surface area contributed by atoms with Crippen molar-refractivity contribution in [3.63, 3.8) is 0 Å². The van der Waals surface area contributed by atoms with E-state index in [9.17, 15) is 0 Å². The Morgan fingerprint density at radius 3 is 2.71 bits per heavy atom. The van der Waals surface area contributed by atoms with Crippen molar-refractivity contribution in [1.82, 2.24) is 0 Å². The molecular weight excluding hydrogens is 204 g/mol. The third-order valence-corrected chi connectivity index (χ3v) is 3.72. The Bertz CT molecular complexity index is 398. The Balaban J connectivity index is 1.85. The van der Waals surface area contributed by atoms with Crippen LogP contribution in [-0.4, -0.2) is 0 Å². The van der Waals surface area contributed by atoms with Crippen LogP contribution in [0.1, 0.15) is 62.1 Å². The van der Waals surface area contributed by atoms with Crippen molar-refractivity contribution in [2.75, 3.05) is 0 Å². The van der Waals surface area contributed by atoms with Crippen molar-refractivity contribution in [3.8, 4) is 0 Å². The normalized spacial score (nSPS) is 13.6. The van der Waals surface area contributed by atoms with E-state index in [1.165, 1.54) is 55.2 Å². The molecule has 0 heterocycles. The van der Waals surface area contributed by atoms with Crippen molar-refractivity contribution in [2.45, 2.75) is 58.8 Å². The topological polar surface area (TPSA) is 0 Å². The number of benzene rings is 1. The molecule has 0 spiro atoms. The van der Waals surface area contributed by atoms with E-state index in [0.29, 0.717) is 0 Å². The van der Waals surface area contributed by atoms with Gasteiger partial charge in [-0.25, -0.2) is 0 Å². The van der Waals surface area contributed by atoms with Gasteiger partial charge in [0, 0.05) is 0 Å². The molecule has 0 unspecified atom stereocenters. The van der Waals surface area contributed by atoms with Gasteiger partial charge in [0.25, 0.3) is 0 Å². The maximum atomic E-state index is 2.43. The van der Waals surface area contributed by atoms with E-state index in [1.54, 1.807) is 5.57 Å². The van der Waals surface area contributed by atoms with Crippen LogP contribution in [0.2, 0.25) is 0 Å². The van der Waals surface area contributed by atoms with Crippen LogP contribution in [-0.2, 0) is 6.42 Å². The van der Waals surface area contributed by atoms with Gasteiger partial charge in [-0.05, 0) is 42.9 Å². The molecule has 0 amide bonds. The molecule has 0 saturated heterocycles. The van der Waals surface area contributed by atoms with Crippen molar-refractivity contribution in [3.05, 3.63) is 41.0 Å². The van der Waals surface area contributed by atoms with Gasteiger partial charge in [0.2, 0.25) is 0 Å². The molecule has 0 heteroatoms. The van der Waals surface area contributed by atoms with Gasteiger partial charge in [0.15, 0.2) is 0 Å². The monoisotopic (exact) mass is 228 g/mol. The van der Waals surface area contributed by atoms with E-state index in [1.807, 2.05) is 0 Å². The Hall–Kier alpha value is -1.04. The van der Waals surface area contributed by atoms with Crippen LogP contribution in [0.4, 0.5) is 0 Å². The van der Waals surface area contributed by atoms with Crippen LogP contribution >= 0.6 is 0 Å². The molecule has 0 bridgehead atoms. The van der Waals surface area contributed by atoms with Gasteiger partial charge in [-0.1, -0.05) is 62.4 Å². The molecule has 1 aromatic rings. The predicted octanol–water partition coefficient (Wildman–Crippen LogP) is 5.30. The first-order valence-corrected chi connectivity index (χ1v) is 7.10. The second kappa shape index (κ2) is 6.05. The predicted molar refractivity (Wildman–Crippen MR) is 76.2 cm³/mol. The Labute approximate surface area is 106 Å². The number of unbranched alkanes of at least 4 members (excludes halogenated alkanes) is 4. The summed E-state index contributed by atoms with van der Waals surface area (Å²) >= 11 is 0. The lowest BCUT2D eigenvalue weighted by molar-refractivity contribution is 0.640. The molecule has 0 N–H and O–H groups in total. The minimum atomic E-state index is 1.15. The molecule has 0 atom stereocenters. The molecule has 1 aliphatic rings. The zero-order valence-corrected chi connectivity index (χ0v) is 11.3. The first kappa shape index (κ1) is 12.4. The van der Waals surface area contributed by atoms with E-state index >= 15 is 0 Å². The van der Waals surface area contributed by atoms with Gasteiger partial charge in [-0.3, -0.25) is 0 Å². The van der Waals surface area contributed by atoms with Gasteiger partial charge >= 0.3 is 0 Å². The summed E-state index contributed by atoms with van der Waals surface area (Å²) in [6.45, 7) is 4.46. The van der Waals surface area contributed by atoms with Crippen LogP contribution in [0.5, 0.6) is 0 Å². The molecule has 1 aliphatic carbocycles. The Kier molecular flexibility index (Phi) is 4.42. The first-order chi connectivity index (χ1) is 8.31. The third kappa shape index (κ3) is 3.21. The van der Waals surface area contributed by atoms with E-state index in [-0.39, 0.29) is 0 Å². The second-order valence-electron chi connectivity index (χ2n) is 5.26. The quantitative estimate of drug-likeness (QED) is 0.580. The summed E-state index contributed by atoms with van der Waals surface area (Å²) in [5.74, 6) is 0. The Morgan fingerprint density at radius 1 is 1.06 bits per heavy atom. The lowest BCUT2D eigenvalue weighted by Crippen LogP contribution is -1.87. The van der Waals surface area contributed by atoms with Crippen LogP contribution in [0, 0.1) is 6.92 Å². The molecule has 0 saturated carbocycles. The zero-order chi connectivity index (χ0) is 12.1. The minimum absolute atomic E-state index is 1.15. The smallest absolute Gasteiger partial charge is 0.00853 e. The highest BCUT2D eigenvalue weighted by atomic mass is 14.2. The average Bonchev–Trinajstić information content (AvgIpc) is 2.71. The molecule has 0 radical (unpaired) electrons. The zero-order valence-electron chi connectivity index (χ0n) is 11.3. The fourth-order valence-corrected chi connectivity index (χ4v) is 2.70. The largest absolute Gasteiger partial charge is 0.0763 e. The number of fused-ring (bicyclic) bond motifs is 1. The van der Waals surface area contributed by atoms with Gasteiger partial charge in [0.05, 0.1) is 0 Å². The third-order valence-electron chi connectivity index (χ3n) is 3.72. The van der Waals surface area contributed by atoms with E-state index in [2.05, 4.69) is 38.1 Å². The summed E-state index contributed by atoms with van der Waals surface area (Å²) in [6.07, 6.45) is 11.8. The molecule has 1 aromatic carbocycles. The maximum Gasteiger partial charge on any atom is -0.00853 e. The van der Waals surface area contributed by atoms with Crippen molar-refractivity contribution >= 4 is 5.57 Å². The van der Waals surface area contributed by atoms with Gasteiger partial charge < -0.3 is 0 Å². The molecule has 0 aromatic heterocycles. The van der Waals surface area contributed by atoms with E-state index < -0.39 is 0 Å². The van der Waals surface area contributed by atoms with Crippen LogP contribution in [0.3, 0.4) is 0 Å². The summed E-state index contributed by atoms with van der Waals surface area (Å²) in [5, 5.41) is 0. The summed E-state index contributed by atoms with van der Waals surface area (Å²) in [7, 11) is 0. The van der Waals surface area contributed by atoms with Crippen LogP contribution in [0.15, 0.2) is 24.3 Å². The average molecular weight is 228 g/mol. The number of allylic oxidation sites excluding steroid dienone is 2. The second-order valence-corrected chi connectivity index (χ2v) is 5.26. The number of hydrogen-bond acceptors (Lipinski definition) is 0. The van der Waals surface area contributed by atoms with Crippen LogP contribution < -0.4 is 0 Å². The summed E-state index contributed by atoms with van der Waals surface area (Å²) < 4.78 is 0. The summed E-state index contributed by atoms with van der Waals surface area (Å²) in [4.78, 5) is 0. The Morgan fingerprint density at radius 2 is 1.88 bits per heavy atom. The maximum absolute atomic E-state index is 2.43. The highest BCUT2D eigenvalue weighted by Crippen LogP contribution is 2.31. The summed E-state index contributed by atoms with van der Waals surface area (Å²) in [6, 6.07) is 6.90. The van der Waals surface area contributed by atoms with Crippen molar-refractivity contribution in [2.24, 2.45) is 0 Å². The molecule has 2 rings (SSSR count). The van der Waals surface area contributed by atoms with Crippen molar-refractivity contribution < 1.29 is 0 Å². The standard InChI is InChI=1S/C17H24/c1-3-4-5-6-7-8-15-10-11-16-13-14(2)9-12-17(15)16/h9-10,12-13H,3-8,11H2,1-2H3. The van der Waals surface area contributed by atoms with Gasteiger partial charge in [-0.2, -0.15) is 0 Å². The minimum Gasteiger partial charge on any atom is -0.0763 e. The first-order valence-electron chi connectivity index (χ1n) is 7.10. The molecule has 0 nitrogen and oxygen atoms in total. The number of rotatable bonds is 6. The molecule has 17 heavy (non-hydrogen) atoms. The number of aryl methyl sites for hydroxylation is 1. The van der Waals surface area contributed by atoms with Crippen LogP contribution in [0.25, 0.3) is 5.57 Å². The van der Waals surface area contributed by atoms with Crippen molar-refractivity contribution in [1.29, 1.82) is 0 Å². The lowest BCUT2D eigenvalue weighted by atomic mass is 9.99. The molecular formula is C17H24. The van der Waals surface area contributed by atoms with Gasteiger partial charge in [0.1, 0.15) is 0 Å². The highest BCUT2D eigenvalue weighted by molar-refractivity contribution is 5.73. The fourth-order valence-electron chi connectivity index (χ4n) is 2.70. The van der Waals surface area contributed by atoms with E-state index in [4.69, 9.17) is 0 Å². The fraction of sp³-hybridized carbons (Fsp3) is 0.529. The molecule has 0 fully saturated rings. The lowest BCUT2D eigenvalue weighted by Gasteiger charge is -2.06. The SMILES string of the molecule is CCCCCCCC1=CCc2cc(C)ccc21. The molecule has 92 valence electrons. The highest BCUT2D eigenvalue weighted by Gasteiger charge is 2.12. The summed E-state index contributed by atoms with van der Waals surface area (Å²) in [5.41, 5.74) is 6.04. The molecule has 0 aliphatic heterocycles. The van der Waals surface area contributed by atoms with Gasteiger partial charge in [-0.15, -0.1) is 0 Å².